The minimum absolute atomic E-state index is 0.0639. The molecule has 2 aliphatic heterocycles. The molecule has 160 valence electrons. The van der Waals surface area contributed by atoms with Crippen LogP contribution in [0.5, 0.6) is 5.75 Å². The molecule has 4 heterocycles. The number of hydrogen-bond donors (Lipinski definition) is 1. The number of benzene rings is 1. The van der Waals surface area contributed by atoms with E-state index >= 15 is 0 Å². The van der Waals surface area contributed by atoms with Crippen LogP contribution in [0.2, 0.25) is 0 Å². The molecule has 0 radical (unpaired) electrons. The molecule has 2 aliphatic rings. The monoisotopic (exact) mass is 421 g/mol. The summed E-state index contributed by atoms with van der Waals surface area (Å²) < 4.78 is 9.55. The van der Waals surface area contributed by atoms with Crippen LogP contribution in [-0.4, -0.2) is 67.5 Å². The van der Waals surface area contributed by atoms with Gasteiger partial charge >= 0.3 is 0 Å². The molecule has 0 unspecified atom stereocenters. The fourth-order valence-electron chi connectivity index (χ4n) is 3.93. The second-order valence-corrected chi connectivity index (χ2v) is 7.91. The van der Waals surface area contributed by atoms with Crippen molar-refractivity contribution >= 4 is 11.8 Å². The van der Waals surface area contributed by atoms with Gasteiger partial charge in [0.25, 0.3) is 5.91 Å². The summed E-state index contributed by atoms with van der Waals surface area (Å²) in [6.45, 7) is 5.60. The summed E-state index contributed by atoms with van der Waals surface area (Å²) >= 11 is 0. The average molecular weight is 421 g/mol. The number of aromatic nitrogens is 5. The van der Waals surface area contributed by atoms with Crippen LogP contribution < -0.4 is 10.1 Å². The molecule has 0 saturated carbocycles. The maximum atomic E-state index is 13.0. The van der Waals surface area contributed by atoms with Crippen LogP contribution in [0.4, 0.5) is 0 Å². The molecule has 10 nitrogen and oxygen atoms in total. The molecule has 10 heteroatoms. The van der Waals surface area contributed by atoms with Crippen LogP contribution in [-0.2, 0) is 11.2 Å². The van der Waals surface area contributed by atoms with E-state index in [1.165, 1.54) is 6.33 Å². The highest BCUT2D eigenvalue weighted by Crippen LogP contribution is 2.31. The normalized spacial score (nSPS) is 15.7. The van der Waals surface area contributed by atoms with Crippen LogP contribution in [0.25, 0.3) is 17.2 Å². The van der Waals surface area contributed by atoms with Crippen molar-refractivity contribution in [1.82, 2.24) is 34.8 Å². The van der Waals surface area contributed by atoms with E-state index in [4.69, 9.17) is 9.84 Å². The van der Waals surface area contributed by atoms with Gasteiger partial charge in [-0.25, -0.2) is 14.3 Å². The van der Waals surface area contributed by atoms with Crippen molar-refractivity contribution in [3.63, 3.8) is 0 Å². The summed E-state index contributed by atoms with van der Waals surface area (Å²) in [7, 11) is 0. The van der Waals surface area contributed by atoms with Crippen molar-refractivity contribution in [2.75, 3.05) is 26.2 Å². The van der Waals surface area contributed by atoms with Gasteiger partial charge < -0.3 is 15.0 Å². The first-order chi connectivity index (χ1) is 15.0. The topological polar surface area (TPSA) is 107 Å². The molecule has 1 aromatic carbocycles. The van der Waals surface area contributed by atoms with Crippen LogP contribution in [0.3, 0.4) is 0 Å². The zero-order valence-corrected chi connectivity index (χ0v) is 17.4. The molecule has 2 amide bonds. The molecular formula is C21H23N7O3. The van der Waals surface area contributed by atoms with Gasteiger partial charge in [0, 0.05) is 36.8 Å². The highest BCUT2D eigenvalue weighted by atomic mass is 16.5. The highest BCUT2D eigenvalue weighted by Gasteiger charge is 2.25. The standard InChI is InChI=1S/C21H23N7O3/c1-13(2)27-20(23-12-24-27)16-10-15-5-8-31-18-4-3-14(9-17(18)28(15)25-16)21(30)26-7-6-22-19(29)11-26/h3-4,9-10,12-13H,5-8,11H2,1-2H3,(H,22,29). The zero-order chi connectivity index (χ0) is 21.5. The lowest BCUT2D eigenvalue weighted by atomic mass is 10.1. The van der Waals surface area contributed by atoms with Crippen molar-refractivity contribution in [3.8, 4) is 23.0 Å². The zero-order valence-electron chi connectivity index (χ0n) is 17.4. The Balaban J connectivity index is 1.54. The molecule has 0 atom stereocenters. The van der Waals surface area contributed by atoms with E-state index in [0.29, 0.717) is 48.9 Å². The lowest BCUT2D eigenvalue weighted by molar-refractivity contribution is -0.123. The van der Waals surface area contributed by atoms with Gasteiger partial charge in [-0.15, -0.1) is 0 Å². The van der Waals surface area contributed by atoms with Crippen molar-refractivity contribution in [2.24, 2.45) is 0 Å². The number of fused-ring (bicyclic) bond motifs is 3. The predicted molar refractivity (Wildman–Crippen MR) is 111 cm³/mol. The molecule has 0 spiro atoms. The third-order valence-electron chi connectivity index (χ3n) is 5.45. The molecule has 0 bridgehead atoms. The maximum Gasteiger partial charge on any atom is 0.254 e. The van der Waals surface area contributed by atoms with E-state index in [1.54, 1.807) is 23.1 Å². The molecule has 1 N–H and O–H groups in total. The Kier molecular flexibility index (Phi) is 4.68. The summed E-state index contributed by atoms with van der Waals surface area (Å²) in [6.07, 6.45) is 2.20. The summed E-state index contributed by atoms with van der Waals surface area (Å²) in [5.41, 5.74) is 2.88. The van der Waals surface area contributed by atoms with E-state index in [1.807, 2.05) is 29.3 Å². The highest BCUT2D eigenvalue weighted by molar-refractivity contribution is 5.97. The number of hydrogen-bond acceptors (Lipinski definition) is 6. The number of carbonyl (C=O) groups is 2. The Morgan fingerprint density at radius 1 is 1.26 bits per heavy atom. The second kappa shape index (κ2) is 7.53. The van der Waals surface area contributed by atoms with Gasteiger partial charge in [0.1, 0.15) is 23.5 Å². The molecule has 5 rings (SSSR count). The number of nitrogens with zero attached hydrogens (tertiary/aromatic N) is 6. The van der Waals surface area contributed by atoms with Crippen molar-refractivity contribution in [3.05, 3.63) is 41.9 Å². The van der Waals surface area contributed by atoms with Crippen LogP contribution in [0.15, 0.2) is 30.6 Å². The molecule has 1 saturated heterocycles. The Hall–Kier alpha value is -3.69. The first kappa shape index (κ1) is 19.3. The predicted octanol–water partition coefficient (Wildman–Crippen LogP) is 1.22. The number of ether oxygens (including phenoxy) is 1. The molecule has 31 heavy (non-hydrogen) atoms. The fourth-order valence-corrected chi connectivity index (χ4v) is 3.93. The van der Waals surface area contributed by atoms with Crippen LogP contribution in [0.1, 0.15) is 35.9 Å². The molecule has 3 aromatic rings. The van der Waals surface area contributed by atoms with Gasteiger partial charge in [0.2, 0.25) is 5.91 Å². The van der Waals surface area contributed by atoms with Crippen molar-refractivity contribution in [2.45, 2.75) is 26.3 Å². The van der Waals surface area contributed by atoms with Gasteiger partial charge in [-0.3, -0.25) is 9.59 Å². The molecule has 0 aliphatic carbocycles. The Labute approximate surface area is 178 Å². The second-order valence-electron chi connectivity index (χ2n) is 7.91. The lowest BCUT2D eigenvalue weighted by Crippen LogP contribution is -2.49. The fraction of sp³-hybridized carbons (Fsp3) is 0.381. The van der Waals surface area contributed by atoms with Crippen molar-refractivity contribution < 1.29 is 14.3 Å². The van der Waals surface area contributed by atoms with E-state index in [9.17, 15) is 9.59 Å². The summed E-state index contributed by atoms with van der Waals surface area (Å²) in [5.74, 6) is 1.03. The van der Waals surface area contributed by atoms with E-state index in [2.05, 4.69) is 15.4 Å². The Morgan fingerprint density at radius 3 is 2.94 bits per heavy atom. The van der Waals surface area contributed by atoms with Gasteiger partial charge in [0.15, 0.2) is 5.82 Å². The minimum Gasteiger partial charge on any atom is -0.491 e. The lowest BCUT2D eigenvalue weighted by Gasteiger charge is -2.26. The van der Waals surface area contributed by atoms with Crippen molar-refractivity contribution in [1.29, 1.82) is 0 Å². The number of rotatable bonds is 3. The largest absolute Gasteiger partial charge is 0.491 e. The molecular weight excluding hydrogens is 398 g/mol. The Bertz CT molecular complexity index is 1160. The summed E-state index contributed by atoms with van der Waals surface area (Å²) in [6, 6.07) is 7.45. The van der Waals surface area contributed by atoms with E-state index < -0.39 is 0 Å². The van der Waals surface area contributed by atoms with Gasteiger partial charge in [-0.05, 0) is 38.1 Å². The molecule has 2 aromatic heterocycles. The first-order valence-electron chi connectivity index (χ1n) is 10.3. The Morgan fingerprint density at radius 2 is 2.13 bits per heavy atom. The molecule has 1 fully saturated rings. The van der Waals surface area contributed by atoms with E-state index in [0.717, 1.165) is 11.4 Å². The number of piperazine rings is 1. The smallest absolute Gasteiger partial charge is 0.254 e. The minimum atomic E-state index is -0.185. The van der Waals surface area contributed by atoms with E-state index in [-0.39, 0.29) is 24.4 Å². The summed E-state index contributed by atoms with van der Waals surface area (Å²) in [4.78, 5) is 30.6. The SMILES string of the molecule is CC(C)n1ncnc1-c1cc2n(n1)-c1cc(C(=O)N3CCNC(=O)C3)ccc1OCC2. The summed E-state index contributed by atoms with van der Waals surface area (Å²) in [5, 5.41) is 11.8. The third-order valence-corrected chi connectivity index (χ3v) is 5.45. The third kappa shape index (κ3) is 3.43. The van der Waals surface area contributed by atoms with Crippen LogP contribution >= 0.6 is 0 Å². The first-order valence-corrected chi connectivity index (χ1v) is 10.3. The maximum absolute atomic E-state index is 13.0. The number of amides is 2. The van der Waals surface area contributed by atoms with Gasteiger partial charge in [-0.1, -0.05) is 0 Å². The number of carbonyl (C=O) groups excluding carboxylic acids is 2. The number of nitrogens with one attached hydrogen (secondary N) is 1. The van der Waals surface area contributed by atoms with Crippen LogP contribution in [0, 0.1) is 0 Å². The van der Waals surface area contributed by atoms with Gasteiger partial charge in [0.05, 0.1) is 13.2 Å². The quantitative estimate of drug-likeness (QED) is 0.681. The average Bonchev–Trinajstić information content (AvgIpc) is 3.37. The van der Waals surface area contributed by atoms with Gasteiger partial charge in [-0.2, -0.15) is 10.2 Å².